The summed E-state index contributed by atoms with van der Waals surface area (Å²) in [6.45, 7) is 8.31. The van der Waals surface area contributed by atoms with Crippen LogP contribution in [0.2, 0.25) is 0 Å². The van der Waals surface area contributed by atoms with Crippen molar-refractivity contribution in [2.24, 2.45) is 0 Å². The van der Waals surface area contributed by atoms with Gasteiger partial charge in [0.1, 0.15) is 0 Å². The Morgan fingerprint density at radius 2 is 2.14 bits per heavy atom. The molecule has 1 N–H and O–H groups in total. The molecule has 0 aromatic carbocycles. The summed E-state index contributed by atoms with van der Waals surface area (Å²) < 4.78 is 0. The Hall–Kier alpha value is -0.0800. The normalized spacial score (nSPS) is 31.7. The first kappa shape index (κ1) is 10.4. The van der Waals surface area contributed by atoms with E-state index in [1.54, 1.807) is 0 Å². The molecule has 2 nitrogen and oxygen atoms in total. The van der Waals surface area contributed by atoms with Crippen LogP contribution in [-0.2, 0) is 0 Å². The minimum absolute atomic E-state index is 0.615. The minimum atomic E-state index is 0.615. The third-order valence-corrected chi connectivity index (χ3v) is 4.29. The van der Waals surface area contributed by atoms with Crippen molar-refractivity contribution in [2.45, 2.75) is 57.5 Å². The summed E-state index contributed by atoms with van der Waals surface area (Å²) in [5, 5.41) is 3.58. The number of rotatable bonds is 4. The third kappa shape index (κ3) is 1.70. The smallest absolute Gasteiger partial charge is 0.0207 e. The van der Waals surface area contributed by atoms with E-state index < -0.39 is 0 Å². The molecule has 0 aromatic rings. The number of likely N-dealkylation sites (N-methyl/N-ethyl adjacent to an activating group) is 1. The van der Waals surface area contributed by atoms with E-state index in [1.807, 2.05) is 0 Å². The van der Waals surface area contributed by atoms with Crippen LogP contribution in [-0.4, -0.2) is 36.1 Å². The number of hydrogen-bond donors (Lipinski definition) is 1. The van der Waals surface area contributed by atoms with E-state index in [9.17, 15) is 0 Å². The molecule has 0 spiro atoms. The molecule has 82 valence electrons. The Labute approximate surface area is 88.1 Å². The van der Waals surface area contributed by atoms with Crippen molar-refractivity contribution in [2.75, 3.05) is 19.6 Å². The summed E-state index contributed by atoms with van der Waals surface area (Å²) in [7, 11) is 0. The van der Waals surface area contributed by atoms with Crippen LogP contribution in [0.5, 0.6) is 0 Å². The van der Waals surface area contributed by atoms with Crippen LogP contribution in [0.15, 0.2) is 0 Å². The van der Waals surface area contributed by atoms with Gasteiger partial charge in [0, 0.05) is 24.7 Å². The molecule has 2 rings (SSSR count). The molecule has 1 atom stereocenters. The SMILES string of the molecule is CCNC1CCN(C2(CC)CCC2)C1. The summed E-state index contributed by atoms with van der Waals surface area (Å²) in [6, 6.07) is 0.768. The van der Waals surface area contributed by atoms with Crippen molar-refractivity contribution in [3.05, 3.63) is 0 Å². The Balaban J connectivity index is 1.87. The van der Waals surface area contributed by atoms with E-state index in [0.29, 0.717) is 5.54 Å². The average molecular weight is 196 g/mol. The van der Waals surface area contributed by atoms with Gasteiger partial charge in [0.25, 0.3) is 0 Å². The summed E-state index contributed by atoms with van der Waals surface area (Å²) >= 11 is 0. The molecule has 1 saturated heterocycles. The minimum Gasteiger partial charge on any atom is -0.313 e. The second-order valence-corrected chi connectivity index (χ2v) is 4.92. The summed E-state index contributed by atoms with van der Waals surface area (Å²) in [5.41, 5.74) is 0.615. The van der Waals surface area contributed by atoms with Gasteiger partial charge in [0.15, 0.2) is 0 Å². The number of hydrogen-bond acceptors (Lipinski definition) is 2. The van der Waals surface area contributed by atoms with Gasteiger partial charge in [-0.15, -0.1) is 0 Å². The topological polar surface area (TPSA) is 15.3 Å². The molecule has 0 amide bonds. The zero-order valence-electron chi connectivity index (χ0n) is 9.68. The highest BCUT2D eigenvalue weighted by atomic mass is 15.3. The molecule has 0 radical (unpaired) electrons. The van der Waals surface area contributed by atoms with Gasteiger partial charge in [-0.05, 0) is 38.6 Å². The highest BCUT2D eigenvalue weighted by Crippen LogP contribution is 2.41. The second-order valence-electron chi connectivity index (χ2n) is 4.92. The van der Waals surface area contributed by atoms with E-state index in [-0.39, 0.29) is 0 Å². The van der Waals surface area contributed by atoms with Gasteiger partial charge in [-0.2, -0.15) is 0 Å². The van der Waals surface area contributed by atoms with Crippen molar-refractivity contribution in [3.63, 3.8) is 0 Å². The molecule has 0 bridgehead atoms. The van der Waals surface area contributed by atoms with Gasteiger partial charge < -0.3 is 5.32 Å². The molecule has 2 heteroatoms. The first-order chi connectivity index (χ1) is 6.80. The largest absolute Gasteiger partial charge is 0.313 e. The van der Waals surface area contributed by atoms with E-state index >= 15 is 0 Å². The first-order valence-corrected chi connectivity index (χ1v) is 6.29. The zero-order valence-corrected chi connectivity index (χ0v) is 9.68. The molecule has 14 heavy (non-hydrogen) atoms. The van der Waals surface area contributed by atoms with E-state index in [2.05, 4.69) is 24.1 Å². The van der Waals surface area contributed by atoms with Crippen molar-refractivity contribution >= 4 is 0 Å². The summed E-state index contributed by atoms with van der Waals surface area (Å²) in [6.07, 6.45) is 7.06. The standard InChI is InChI=1S/C12H24N2/c1-3-12(7-5-8-12)14-9-6-11(10-14)13-4-2/h11,13H,3-10H2,1-2H3. The summed E-state index contributed by atoms with van der Waals surface area (Å²) in [4.78, 5) is 2.75. The van der Waals surface area contributed by atoms with Crippen molar-refractivity contribution in [1.29, 1.82) is 0 Å². The van der Waals surface area contributed by atoms with Gasteiger partial charge in [0.2, 0.25) is 0 Å². The van der Waals surface area contributed by atoms with Crippen LogP contribution in [0.25, 0.3) is 0 Å². The molecule has 0 aromatic heterocycles. The lowest BCUT2D eigenvalue weighted by Gasteiger charge is -2.48. The molecular formula is C12H24N2. The Morgan fingerprint density at radius 3 is 2.64 bits per heavy atom. The van der Waals surface area contributed by atoms with Crippen LogP contribution in [0, 0.1) is 0 Å². The predicted molar refractivity (Wildman–Crippen MR) is 60.5 cm³/mol. The van der Waals surface area contributed by atoms with E-state index in [4.69, 9.17) is 0 Å². The van der Waals surface area contributed by atoms with E-state index in [1.165, 1.54) is 45.2 Å². The van der Waals surface area contributed by atoms with Crippen LogP contribution in [0.3, 0.4) is 0 Å². The van der Waals surface area contributed by atoms with Gasteiger partial charge in [-0.25, -0.2) is 0 Å². The van der Waals surface area contributed by atoms with Crippen LogP contribution in [0.1, 0.15) is 46.0 Å². The van der Waals surface area contributed by atoms with Crippen molar-refractivity contribution in [1.82, 2.24) is 10.2 Å². The summed E-state index contributed by atoms with van der Waals surface area (Å²) in [5.74, 6) is 0. The van der Waals surface area contributed by atoms with Gasteiger partial charge >= 0.3 is 0 Å². The van der Waals surface area contributed by atoms with Crippen LogP contribution >= 0.6 is 0 Å². The fourth-order valence-corrected chi connectivity index (χ4v) is 3.12. The Bertz CT molecular complexity index is 181. The highest BCUT2D eigenvalue weighted by Gasteiger charge is 2.43. The molecule has 1 aliphatic carbocycles. The maximum Gasteiger partial charge on any atom is 0.0207 e. The van der Waals surface area contributed by atoms with E-state index in [0.717, 1.165) is 12.6 Å². The second kappa shape index (κ2) is 4.19. The first-order valence-electron chi connectivity index (χ1n) is 6.29. The number of likely N-dealkylation sites (tertiary alicyclic amines) is 1. The van der Waals surface area contributed by atoms with Crippen molar-refractivity contribution < 1.29 is 0 Å². The molecule has 1 saturated carbocycles. The molecule has 1 aliphatic heterocycles. The highest BCUT2D eigenvalue weighted by molar-refractivity contribution is 5.00. The van der Waals surface area contributed by atoms with Crippen LogP contribution in [0.4, 0.5) is 0 Å². The average Bonchev–Trinajstić information content (AvgIpc) is 2.54. The van der Waals surface area contributed by atoms with Crippen LogP contribution < -0.4 is 5.32 Å². The lowest BCUT2D eigenvalue weighted by molar-refractivity contribution is 0.0305. The molecule has 1 unspecified atom stereocenters. The maximum absolute atomic E-state index is 3.58. The molecule has 2 aliphatic rings. The number of nitrogens with one attached hydrogen (secondary N) is 1. The monoisotopic (exact) mass is 196 g/mol. The Morgan fingerprint density at radius 1 is 1.36 bits per heavy atom. The fourth-order valence-electron chi connectivity index (χ4n) is 3.12. The van der Waals surface area contributed by atoms with Crippen molar-refractivity contribution in [3.8, 4) is 0 Å². The van der Waals surface area contributed by atoms with Gasteiger partial charge in [0.05, 0.1) is 0 Å². The molecular weight excluding hydrogens is 172 g/mol. The molecule has 2 fully saturated rings. The van der Waals surface area contributed by atoms with Gasteiger partial charge in [-0.1, -0.05) is 13.8 Å². The third-order valence-electron chi connectivity index (χ3n) is 4.29. The Kier molecular flexibility index (Phi) is 3.13. The zero-order chi connectivity index (χ0) is 10.0. The van der Waals surface area contributed by atoms with Gasteiger partial charge in [-0.3, -0.25) is 4.90 Å². The lowest BCUT2D eigenvalue weighted by atomic mass is 9.73. The fraction of sp³-hybridized carbons (Fsp3) is 1.00. The maximum atomic E-state index is 3.58. The quantitative estimate of drug-likeness (QED) is 0.740. The lowest BCUT2D eigenvalue weighted by Crippen LogP contribution is -2.53. The number of nitrogens with zero attached hydrogens (tertiary/aromatic N) is 1. The molecule has 1 heterocycles. The predicted octanol–water partition coefficient (Wildman–Crippen LogP) is 2.00.